The largest absolute Gasteiger partial charge is 0.464 e. The molecule has 0 saturated carbocycles. The van der Waals surface area contributed by atoms with Crippen molar-refractivity contribution < 1.29 is 9.90 Å². The minimum Gasteiger partial charge on any atom is -0.464 e. The molecule has 0 spiro atoms. The van der Waals surface area contributed by atoms with Crippen molar-refractivity contribution >= 4 is 23.5 Å². The van der Waals surface area contributed by atoms with Crippen molar-refractivity contribution in [2.45, 2.75) is 0 Å². The van der Waals surface area contributed by atoms with Crippen LogP contribution in [0.2, 0.25) is 5.02 Å². The zero-order valence-electron chi connectivity index (χ0n) is 5.94. The number of rotatable bonds is 1. The Hall–Kier alpha value is -1.33. The summed E-state index contributed by atoms with van der Waals surface area (Å²) in [5.74, 6) is 5.21. The highest BCUT2D eigenvalue weighted by Crippen LogP contribution is 2.13. The molecule has 0 aliphatic carbocycles. The zero-order valence-corrected chi connectivity index (χ0v) is 6.69. The van der Waals surface area contributed by atoms with Crippen LogP contribution in [-0.4, -0.2) is 16.2 Å². The van der Waals surface area contributed by atoms with Crippen molar-refractivity contribution in [2.24, 2.45) is 5.84 Å². The second-order valence-electron chi connectivity index (χ2n) is 1.98. The van der Waals surface area contributed by atoms with Crippen molar-refractivity contribution in [3.63, 3.8) is 0 Å². The van der Waals surface area contributed by atoms with Gasteiger partial charge in [0.25, 0.3) is 0 Å². The summed E-state index contributed by atoms with van der Waals surface area (Å²) >= 11 is 5.58. The smallest absolute Gasteiger partial charge is 0.427 e. The lowest BCUT2D eigenvalue weighted by atomic mass is 10.4. The van der Waals surface area contributed by atoms with E-state index in [9.17, 15) is 4.79 Å². The van der Waals surface area contributed by atoms with E-state index in [2.05, 4.69) is 4.98 Å². The van der Waals surface area contributed by atoms with Crippen LogP contribution in [0.3, 0.4) is 0 Å². The van der Waals surface area contributed by atoms with Gasteiger partial charge in [-0.1, -0.05) is 11.6 Å². The summed E-state index contributed by atoms with van der Waals surface area (Å²) in [6.07, 6.45) is 0.0882. The van der Waals surface area contributed by atoms with Crippen LogP contribution in [-0.2, 0) is 0 Å². The van der Waals surface area contributed by atoms with Crippen LogP contribution in [0.15, 0.2) is 18.3 Å². The van der Waals surface area contributed by atoms with Gasteiger partial charge in [0.05, 0.1) is 0 Å². The fraction of sp³-hybridized carbons (Fsp3) is 0. The SMILES string of the molecule is NN(C(=O)O)c1cc(Cl)ccn1. The molecule has 0 atom stereocenters. The molecule has 1 aromatic rings. The number of amides is 1. The summed E-state index contributed by atoms with van der Waals surface area (Å²) < 4.78 is 0. The zero-order chi connectivity index (χ0) is 9.14. The van der Waals surface area contributed by atoms with Crippen molar-refractivity contribution in [1.29, 1.82) is 0 Å². The molecular formula is C6H6ClN3O2. The number of nitrogens with zero attached hydrogens (tertiary/aromatic N) is 2. The average Bonchev–Trinajstić information content (AvgIpc) is 2.03. The first-order chi connectivity index (χ1) is 5.61. The number of hydrazine groups is 1. The molecule has 0 fully saturated rings. The summed E-state index contributed by atoms with van der Waals surface area (Å²) in [7, 11) is 0. The molecule has 1 heterocycles. The number of halogens is 1. The van der Waals surface area contributed by atoms with Crippen molar-refractivity contribution in [3.05, 3.63) is 23.4 Å². The second kappa shape index (κ2) is 3.38. The summed E-state index contributed by atoms with van der Waals surface area (Å²) in [4.78, 5) is 14.0. The van der Waals surface area contributed by atoms with Crippen molar-refractivity contribution in [2.75, 3.05) is 5.01 Å². The second-order valence-corrected chi connectivity index (χ2v) is 2.42. The molecule has 0 aromatic carbocycles. The number of hydrogen-bond acceptors (Lipinski definition) is 3. The van der Waals surface area contributed by atoms with E-state index >= 15 is 0 Å². The van der Waals surface area contributed by atoms with Gasteiger partial charge in [0.2, 0.25) is 0 Å². The van der Waals surface area contributed by atoms with Gasteiger partial charge in [-0.3, -0.25) is 0 Å². The fourth-order valence-corrected chi connectivity index (χ4v) is 0.777. The minimum atomic E-state index is -1.29. The maximum absolute atomic E-state index is 10.3. The molecular weight excluding hydrogens is 182 g/mol. The highest BCUT2D eigenvalue weighted by molar-refractivity contribution is 6.30. The minimum absolute atomic E-state index is 0.0926. The van der Waals surface area contributed by atoms with E-state index in [0.29, 0.717) is 10.0 Å². The molecule has 6 heteroatoms. The van der Waals surface area contributed by atoms with Crippen molar-refractivity contribution in [3.8, 4) is 0 Å². The summed E-state index contributed by atoms with van der Waals surface area (Å²) in [5, 5.41) is 9.32. The summed E-state index contributed by atoms with van der Waals surface area (Å²) in [6.45, 7) is 0. The van der Waals surface area contributed by atoms with E-state index < -0.39 is 6.09 Å². The summed E-state index contributed by atoms with van der Waals surface area (Å²) in [6, 6.07) is 2.89. The Morgan fingerprint density at radius 3 is 2.92 bits per heavy atom. The molecule has 0 aliphatic rings. The van der Waals surface area contributed by atoms with E-state index in [-0.39, 0.29) is 5.82 Å². The number of pyridine rings is 1. The van der Waals surface area contributed by atoms with E-state index in [4.69, 9.17) is 22.6 Å². The van der Waals surface area contributed by atoms with Crippen LogP contribution >= 0.6 is 11.6 Å². The maximum Gasteiger partial charge on any atom is 0.427 e. The number of nitrogens with two attached hydrogens (primary N) is 1. The first kappa shape index (κ1) is 8.76. The molecule has 1 aromatic heterocycles. The molecule has 0 saturated heterocycles. The molecule has 0 bridgehead atoms. The van der Waals surface area contributed by atoms with Crippen LogP contribution in [0.5, 0.6) is 0 Å². The molecule has 0 aliphatic heterocycles. The van der Waals surface area contributed by atoms with E-state index in [1.807, 2.05) is 0 Å². The highest BCUT2D eigenvalue weighted by Gasteiger charge is 2.09. The third kappa shape index (κ3) is 1.84. The standard InChI is InChI=1S/C6H6ClN3O2/c7-4-1-2-9-5(3-4)10(8)6(11)12/h1-3H,8H2,(H,11,12). The predicted molar refractivity (Wildman–Crippen MR) is 43.9 cm³/mol. The first-order valence-electron chi connectivity index (χ1n) is 3.00. The van der Waals surface area contributed by atoms with Crippen LogP contribution in [0.4, 0.5) is 10.6 Å². The van der Waals surface area contributed by atoms with Crippen LogP contribution in [0.25, 0.3) is 0 Å². The molecule has 1 amide bonds. The Balaban J connectivity index is 2.95. The average molecular weight is 188 g/mol. The first-order valence-corrected chi connectivity index (χ1v) is 3.38. The van der Waals surface area contributed by atoms with Crippen molar-refractivity contribution in [1.82, 2.24) is 4.98 Å². The number of carboxylic acid groups (broad SMARTS) is 1. The Labute approximate surface area is 73.3 Å². The van der Waals surface area contributed by atoms with Gasteiger partial charge >= 0.3 is 6.09 Å². The predicted octanol–water partition coefficient (Wildman–Crippen LogP) is 1.09. The molecule has 3 N–H and O–H groups in total. The van der Waals surface area contributed by atoms with E-state index in [1.165, 1.54) is 18.3 Å². The van der Waals surface area contributed by atoms with Gasteiger partial charge in [0, 0.05) is 17.3 Å². The third-order valence-corrected chi connectivity index (χ3v) is 1.40. The number of aromatic nitrogens is 1. The molecule has 1 rings (SSSR count). The van der Waals surface area contributed by atoms with E-state index in [0.717, 1.165) is 0 Å². The molecule has 64 valence electrons. The van der Waals surface area contributed by atoms with Gasteiger partial charge in [-0.2, -0.15) is 5.01 Å². The quantitative estimate of drug-likeness (QED) is 0.392. The number of carbonyl (C=O) groups is 1. The fourth-order valence-electron chi connectivity index (χ4n) is 0.623. The van der Waals surface area contributed by atoms with Gasteiger partial charge in [-0.15, -0.1) is 0 Å². The molecule has 0 unspecified atom stereocenters. The lowest BCUT2D eigenvalue weighted by molar-refractivity contribution is 0.201. The van der Waals surface area contributed by atoms with Gasteiger partial charge in [0.1, 0.15) is 0 Å². The lowest BCUT2D eigenvalue weighted by Crippen LogP contribution is -2.36. The number of anilines is 1. The Morgan fingerprint density at radius 1 is 1.75 bits per heavy atom. The van der Waals surface area contributed by atoms with E-state index in [1.54, 1.807) is 0 Å². The molecule has 5 nitrogen and oxygen atoms in total. The Morgan fingerprint density at radius 2 is 2.42 bits per heavy atom. The van der Waals surface area contributed by atoms with Crippen LogP contribution < -0.4 is 10.9 Å². The highest BCUT2D eigenvalue weighted by atomic mass is 35.5. The number of hydrogen-bond donors (Lipinski definition) is 2. The molecule has 0 radical (unpaired) electrons. The monoisotopic (exact) mass is 187 g/mol. The third-order valence-electron chi connectivity index (χ3n) is 1.16. The van der Waals surface area contributed by atoms with Crippen LogP contribution in [0, 0.1) is 0 Å². The Kier molecular flexibility index (Phi) is 2.47. The van der Waals surface area contributed by atoms with Gasteiger partial charge in [-0.25, -0.2) is 15.6 Å². The Bertz CT molecular complexity index is 305. The maximum atomic E-state index is 10.3. The topological polar surface area (TPSA) is 79.5 Å². The molecule has 12 heavy (non-hydrogen) atoms. The van der Waals surface area contributed by atoms with Gasteiger partial charge < -0.3 is 5.11 Å². The van der Waals surface area contributed by atoms with Gasteiger partial charge in [0.15, 0.2) is 5.82 Å². The van der Waals surface area contributed by atoms with Gasteiger partial charge in [-0.05, 0) is 6.07 Å². The summed E-state index contributed by atoms with van der Waals surface area (Å²) in [5.41, 5.74) is 0. The van der Waals surface area contributed by atoms with Crippen LogP contribution in [0.1, 0.15) is 0 Å². The lowest BCUT2D eigenvalue weighted by Gasteiger charge is -2.10. The normalized spacial score (nSPS) is 9.50.